The molecule has 0 aromatic carbocycles. The van der Waals surface area contributed by atoms with Crippen molar-refractivity contribution in [3.8, 4) is 0 Å². The fourth-order valence-corrected chi connectivity index (χ4v) is 3.25. The Morgan fingerprint density at radius 3 is 2.85 bits per heavy atom. The first-order chi connectivity index (χ1) is 9.53. The molecule has 0 spiro atoms. The first-order valence-corrected chi connectivity index (χ1v) is 7.63. The summed E-state index contributed by atoms with van der Waals surface area (Å²) in [5.41, 5.74) is 0.513. The van der Waals surface area contributed by atoms with Crippen molar-refractivity contribution in [3.63, 3.8) is 0 Å². The Morgan fingerprint density at radius 1 is 1.40 bits per heavy atom. The van der Waals surface area contributed by atoms with Crippen LogP contribution >= 0.6 is 0 Å². The molecule has 2 rings (SSSR count). The number of sulfonamides is 1. The van der Waals surface area contributed by atoms with Crippen molar-refractivity contribution in [2.45, 2.75) is 24.4 Å². The summed E-state index contributed by atoms with van der Waals surface area (Å²) < 4.78 is 29.0. The molecule has 0 saturated heterocycles. The van der Waals surface area contributed by atoms with Gasteiger partial charge in [-0.3, -0.25) is 9.67 Å². The van der Waals surface area contributed by atoms with Crippen molar-refractivity contribution >= 4 is 15.7 Å². The molecule has 1 atom stereocenters. The van der Waals surface area contributed by atoms with E-state index in [4.69, 9.17) is 0 Å². The average molecular weight is 295 g/mol. The molecule has 0 aliphatic carbocycles. The van der Waals surface area contributed by atoms with Crippen LogP contribution in [0.25, 0.3) is 0 Å². The van der Waals surface area contributed by atoms with Gasteiger partial charge in [0.15, 0.2) is 0 Å². The van der Waals surface area contributed by atoms with Gasteiger partial charge in [-0.25, -0.2) is 13.1 Å². The van der Waals surface area contributed by atoms with E-state index in [1.165, 1.54) is 12.4 Å². The summed E-state index contributed by atoms with van der Waals surface area (Å²) >= 11 is 0. The van der Waals surface area contributed by atoms with E-state index < -0.39 is 10.0 Å². The zero-order valence-electron chi connectivity index (χ0n) is 11.3. The average Bonchev–Trinajstić information content (AvgIpc) is 2.90. The quantitative estimate of drug-likeness (QED) is 0.818. The summed E-state index contributed by atoms with van der Waals surface area (Å²) in [6.45, 7) is 2.25. The van der Waals surface area contributed by atoms with Gasteiger partial charge in [0, 0.05) is 37.9 Å². The first-order valence-electron chi connectivity index (χ1n) is 6.14. The van der Waals surface area contributed by atoms with Gasteiger partial charge in [0.1, 0.15) is 4.90 Å². The van der Waals surface area contributed by atoms with Crippen LogP contribution in [0.3, 0.4) is 0 Å². The number of hydrogen-bond acceptors (Lipinski definition) is 5. The Labute approximate surface area is 118 Å². The van der Waals surface area contributed by atoms with Gasteiger partial charge in [-0.05, 0) is 19.1 Å². The van der Waals surface area contributed by atoms with Gasteiger partial charge in [-0.15, -0.1) is 0 Å². The van der Waals surface area contributed by atoms with E-state index in [0.717, 1.165) is 0 Å². The Balaban J connectivity index is 2.14. The van der Waals surface area contributed by atoms with E-state index in [1.807, 2.05) is 0 Å². The van der Waals surface area contributed by atoms with Gasteiger partial charge in [0.05, 0.1) is 12.2 Å². The molecule has 0 bridgehead atoms. The number of nitrogens with zero attached hydrogens (tertiary/aromatic N) is 3. The van der Waals surface area contributed by atoms with Crippen LogP contribution in [0.2, 0.25) is 0 Å². The number of nitrogens with one attached hydrogen (secondary N) is 2. The van der Waals surface area contributed by atoms with Crippen molar-refractivity contribution in [2.24, 2.45) is 0 Å². The highest BCUT2D eigenvalue weighted by atomic mass is 32.2. The summed E-state index contributed by atoms with van der Waals surface area (Å²) in [7, 11) is -1.95. The predicted molar refractivity (Wildman–Crippen MR) is 75.8 cm³/mol. The van der Waals surface area contributed by atoms with Crippen molar-refractivity contribution in [1.82, 2.24) is 19.5 Å². The van der Waals surface area contributed by atoms with Gasteiger partial charge in [0.25, 0.3) is 0 Å². The highest BCUT2D eigenvalue weighted by Crippen LogP contribution is 2.18. The van der Waals surface area contributed by atoms with Crippen LogP contribution < -0.4 is 10.0 Å². The smallest absolute Gasteiger partial charge is 0.244 e. The van der Waals surface area contributed by atoms with Gasteiger partial charge in [0.2, 0.25) is 10.0 Å². The zero-order valence-corrected chi connectivity index (χ0v) is 12.1. The fourth-order valence-electron chi connectivity index (χ4n) is 1.86. The van der Waals surface area contributed by atoms with E-state index in [2.05, 4.69) is 20.1 Å². The number of aromatic nitrogens is 3. The van der Waals surface area contributed by atoms with Gasteiger partial charge in [-0.1, -0.05) is 0 Å². The van der Waals surface area contributed by atoms with Crippen molar-refractivity contribution in [2.75, 3.05) is 12.4 Å². The molecule has 1 unspecified atom stereocenters. The van der Waals surface area contributed by atoms with Crippen LogP contribution in [0, 0.1) is 0 Å². The summed E-state index contributed by atoms with van der Waals surface area (Å²) in [4.78, 5) is 4.00. The molecule has 7 nitrogen and oxygen atoms in total. The minimum absolute atomic E-state index is 0.134. The van der Waals surface area contributed by atoms with E-state index in [1.54, 1.807) is 43.2 Å². The third-order valence-electron chi connectivity index (χ3n) is 2.72. The lowest BCUT2D eigenvalue weighted by Gasteiger charge is -2.15. The number of rotatable bonds is 6. The molecule has 0 radical (unpaired) electrons. The maximum Gasteiger partial charge on any atom is 0.244 e. The van der Waals surface area contributed by atoms with Crippen LogP contribution in [0.1, 0.15) is 6.92 Å². The van der Waals surface area contributed by atoms with Gasteiger partial charge in [-0.2, -0.15) is 5.10 Å². The summed E-state index contributed by atoms with van der Waals surface area (Å²) in [5, 5.41) is 6.89. The Bertz CT molecular complexity index is 654. The minimum Gasteiger partial charge on any atom is -0.387 e. The molecule has 0 aliphatic rings. The second-order valence-corrected chi connectivity index (χ2v) is 6.05. The summed E-state index contributed by atoms with van der Waals surface area (Å²) in [5.74, 6) is 0. The molecular formula is C12H17N5O2S. The largest absolute Gasteiger partial charge is 0.387 e. The first kappa shape index (κ1) is 14.5. The normalized spacial score (nSPS) is 13.1. The van der Waals surface area contributed by atoms with Crippen LogP contribution in [0.4, 0.5) is 5.69 Å². The molecule has 20 heavy (non-hydrogen) atoms. The predicted octanol–water partition coefficient (Wildman–Crippen LogP) is 0.687. The van der Waals surface area contributed by atoms with Crippen LogP contribution in [0.15, 0.2) is 41.8 Å². The Morgan fingerprint density at radius 2 is 2.20 bits per heavy atom. The molecule has 2 aromatic rings. The lowest BCUT2D eigenvalue weighted by atomic mass is 10.4. The summed E-state index contributed by atoms with van der Waals surface area (Å²) in [6.07, 6.45) is 6.31. The van der Waals surface area contributed by atoms with Crippen LogP contribution in [0.5, 0.6) is 0 Å². The second-order valence-electron chi connectivity index (χ2n) is 4.37. The molecule has 2 N–H and O–H groups in total. The molecule has 8 heteroatoms. The summed E-state index contributed by atoms with van der Waals surface area (Å²) in [6, 6.07) is 3.12. The van der Waals surface area contributed by atoms with E-state index in [-0.39, 0.29) is 10.9 Å². The van der Waals surface area contributed by atoms with E-state index in [9.17, 15) is 8.42 Å². The maximum absolute atomic E-state index is 12.3. The fraction of sp³-hybridized carbons (Fsp3) is 0.333. The van der Waals surface area contributed by atoms with Crippen LogP contribution in [-0.2, 0) is 16.6 Å². The number of anilines is 1. The minimum atomic E-state index is -3.62. The SMILES string of the molecule is CNc1ccncc1S(=O)(=O)NC(C)Cn1cccn1. The van der Waals surface area contributed by atoms with Crippen LogP contribution in [-0.4, -0.2) is 36.3 Å². The molecule has 0 saturated carbocycles. The molecule has 108 valence electrons. The topological polar surface area (TPSA) is 88.9 Å². The molecule has 2 aromatic heterocycles. The molecule has 0 fully saturated rings. The number of pyridine rings is 1. The third-order valence-corrected chi connectivity index (χ3v) is 4.34. The van der Waals surface area contributed by atoms with Crippen molar-refractivity contribution in [3.05, 3.63) is 36.9 Å². The second kappa shape index (κ2) is 6.02. The lowest BCUT2D eigenvalue weighted by molar-refractivity contribution is 0.494. The molecule has 0 amide bonds. The van der Waals surface area contributed by atoms with Crippen molar-refractivity contribution in [1.29, 1.82) is 0 Å². The Hall–Kier alpha value is -1.93. The number of hydrogen-bond donors (Lipinski definition) is 2. The van der Waals surface area contributed by atoms with E-state index in [0.29, 0.717) is 12.2 Å². The van der Waals surface area contributed by atoms with Gasteiger partial charge >= 0.3 is 0 Å². The molecule has 0 aliphatic heterocycles. The molecular weight excluding hydrogens is 278 g/mol. The monoisotopic (exact) mass is 295 g/mol. The van der Waals surface area contributed by atoms with E-state index >= 15 is 0 Å². The third kappa shape index (κ3) is 3.34. The van der Waals surface area contributed by atoms with Crippen molar-refractivity contribution < 1.29 is 8.42 Å². The maximum atomic E-state index is 12.3. The standard InChI is InChI=1S/C12H17N5O2S/c1-10(9-17-7-3-5-15-17)16-20(18,19)12-8-14-6-4-11(12)13-2/h3-8,10,16H,9H2,1-2H3,(H,13,14). The molecule has 2 heterocycles. The lowest BCUT2D eigenvalue weighted by Crippen LogP contribution is -2.36. The van der Waals surface area contributed by atoms with Gasteiger partial charge < -0.3 is 5.32 Å². The zero-order chi connectivity index (χ0) is 14.6. The highest BCUT2D eigenvalue weighted by molar-refractivity contribution is 7.89. The Kier molecular flexibility index (Phi) is 4.35. The highest BCUT2D eigenvalue weighted by Gasteiger charge is 2.21.